The molecule has 0 saturated heterocycles. The van der Waals surface area contributed by atoms with E-state index in [0.29, 0.717) is 32.9 Å². The second-order valence-electron chi connectivity index (χ2n) is 7.91. The number of carbonyl (C=O) groups excluding carboxylic acids is 3. The van der Waals surface area contributed by atoms with Crippen LogP contribution in [0.1, 0.15) is 44.4 Å². The summed E-state index contributed by atoms with van der Waals surface area (Å²) in [5, 5.41) is 11.7. The topological polar surface area (TPSA) is 123 Å². The number of Topliss-reactive ketones (excluding diaryl/α,β-unsaturated/α-hetero) is 2. The summed E-state index contributed by atoms with van der Waals surface area (Å²) < 4.78 is 11.1. The van der Waals surface area contributed by atoms with E-state index in [1.807, 2.05) is 0 Å². The number of thiazole rings is 1. The summed E-state index contributed by atoms with van der Waals surface area (Å²) in [4.78, 5) is 49.1. The Balaban J connectivity index is 1.66. The fourth-order valence-electron chi connectivity index (χ4n) is 4.14. The number of aromatic nitrogens is 2. The summed E-state index contributed by atoms with van der Waals surface area (Å²) in [7, 11) is 1.49. The predicted octanol–water partition coefficient (Wildman–Crippen LogP) is 4.59. The van der Waals surface area contributed by atoms with Gasteiger partial charge >= 0.3 is 0 Å². The van der Waals surface area contributed by atoms with E-state index in [2.05, 4.69) is 9.97 Å². The number of anilines is 1. The Kier molecular flexibility index (Phi) is 5.45. The summed E-state index contributed by atoms with van der Waals surface area (Å²) in [5.74, 6) is -1.99. The van der Waals surface area contributed by atoms with Gasteiger partial charge in [0.15, 0.2) is 33.8 Å². The third-order valence-corrected chi connectivity index (χ3v) is 6.97. The standard InChI is InChI=1S/C25H19N3O6S/c1-12-23(13(2)29)35-25(27-12)28-19(15-7-5-9-26-11-15)18(21(31)24(28)32)20(30)17-10-14-6-4-8-16(33-3)22(14)34-17/h4-11,19,31H,1-3H3. The van der Waals surface area contributed by atoms with E-state index in [1.54, 1.807) is 43.5 Å². The van der Waals surface area contributed by atoms with E-state index in [0.717, 1.165) is 11.3 Å². The number of carbonyl (C=O) groups is 3. The number of methoxy groups -OCH3 is 1. The van der Waals surface area contributed by atoms with E-state index < -0.39 is 23.5 Å². The van der Waals surface area contributed by atoms with Crippen LogP contribution in [0.3, 0.4) is 0 Å². The fraction of sp³-hybridized carbons (Fsp3) is 0.160. The zero-order chi connectivity index (χ0) is 24.9. The first-order valence-corrected chi connectivity index (χ1v) is 11.4. The summed E-state index contributed by atoms with van der Waals surface area (Å²) in [6, 6.07) is 9.09. The number of benzene rings is 1. The highest BCUT2D eigenvalue weighted by Gasteiger charge is 2.47. The fourth-order valence-corrected chi connectivity index (χ4v) is 5.13. The molecule has 176 valence electrons. The lowest BCUT2D eigenvalue weighted by molar-refractivity contribution is -0.117. The number of ketones is 2. The minimum atomic E-state index is -1.02. The molecule has 1 aliphatic rings. The maximum atomic E-state index is 13.7. The Bertz CT molecular complexity index is 1540. The highest BCUT2D eigenvalue weighted by Crippen LogP contribution is 2.44. The van der Waals surface area contributed by atoms with Crippen LogP contribution in [0, 0.1) is 6.92 Å². The number of furan rings is 1. The average molecular weight is 490 g/mol. The molecule has 0 radical (unpaired) electrons. The van der Waals surface area contributed by atoms with Gasteiger partial charge in [-0.3, -0.25) is 24.3 Å². The quantitative estimate of drug-likeness (QED) is 0.390. The van der Waals surface area contributed by atoms with Crippen molar-refractivity contribution in [1.29, 1.82) is 0 Å². The maximum absolute atomic E-state index is 13.7. The number of fused-ring (bicyclic) bond motifs is 1. The molecule has 1 aromatic carbocycles. The molecule has 1 unspecified atom stereocenters. The van der Waals surface area contributed by atoms with Crippen molar-refractivity contribution >= 4 is 44.9 Å². The average Bonchev–Trinajstić information content (AvgIpc) is 3.53. The number of aliphatic hydroxyl groups excluding tert-OH is 1. The molecule has 0 bridgehead atoms. The van der Waals surface area contributed by atoms with Gasteiger partial charge in [-0.15, -0.1) is 0 Å². The van der Waals surface area contributed by atoms with Crippen LogP contribution in [0.4, 0.5) is 5.13 Å². The number of aliphatic hydroxyl groups is 1. The normalized spacial score (nSPS) is 15.8. The third kappa shape index (κ3) is 3.58. The van der Waals surface area contributed by atoms with Crippen LogP contribution >= 0.6 is 11.3 Å². The largest absolute Gasteiger partial charge is 0.503 e. The van der Waals surface area contributed by atoms with Crippen molar-refractivity contribution in [2.75, 3.05) is 12.0 Å². The second-order valence-corrected chi connectivity index (χ2v) is 8.89. The van der Waals surface area contributed by atoms with E-state index in [1.165, 1.54) is 31.2 Å². The van der Waals surface area contributed by atoms with Gasteiger partial charge < -0.3 is 14.3 Å². The van der Waals surface area contributed by atoms with Crippen LogP contribution < -0.4 is 9.64 Å². The molecular weight excluding hydrogens is 470 g/mol. The summed E-state index contributed by atoms with van der Waals surface area (Å²) in [6.45, 7) is 3.08. The molecule has 5 rings (SSSR count). The Morgan fingerprint density at radius 2 is 2.03 bits per heavy atom. The van der Waals surface area contributed by atoms with Gasteiger partial charge in [0.05, 0.1) is 29.3 Å². The zero-order valence-corrected chi connectivity index (χ0v) is 19.8. The van der Waals surface area contributed by atoms with Crippen LogP contribution in [-0.4, -0.2) is 39.7 Å². The molecule has 1 amide bonds. The van der Waals surface area contributed by atoms with Gasteiger partial charge in [-0.25, -0.2) is 4.98 Å². The monoisotopic (exact) mass is 489 g/mol. The van der Waals surface area contributed by atoms with Gasteiger partial charge in [0, 0.05) is 24.7 Å². The number of rotatable bonds is 6. The van der Waals surface area contributed by atoms with Gasteiger partial charge in [-0.1, -0.05) is 29.5 Å². The highest BCUT2D eigenvalue weighted by atomic mass is 32.1. The number of hydrogen-bond donors (Lipinski definition) is 1. The van der Waals surface area contributed by atoms with E-state index in [9.17, 15) is 19.5 Å². The minimum Gasteiger partial charge on any atom is -0.503 e. The summed E-state index contributed by atoms with van der Waals surface area (Å²) in [5.41, 5.74) is 1.15. The molecule has 1 atom stereocenters. The lowest BCUT2D eigenvalue weighted by Crippen LogP contribution is -2.31. The number of nitrogens with zero attached hydrogens (tertiary/aromatic N) is 3. The van der Waals surface area contributed by atoms with E-state index in [4.69, 9.17) is 9.15 Å². The number of amides is 1. The molecule has 3 aromatic heterocycles. The Hall–Kier alpha value is -4.31. The number of pyridine rings is 1. The molecule has 1 aliphatic heterocycles. The van der Waals surface area contributed by atoms with Gasteiger partial charge in [-0.05, 0) is 30.7 Å². The molecule has 0 spiro atoms. The van der Waals surface area contributed by atoms with Crippen molar-refractivity contribution in [2.24, 2.45) is 0 Å². The lowest BCUT2D eigenvalue weighted by atomic mass is 9.96. The minimum absolute atomic E-state index is 0.0608. The number of ether oxygens (including phenoxy) is 1. The van der Waals surface area contributed by atoms with Gasteiger partial charge in [-0.2, -0.15) is 0 Å². The molecule has 1 N–H and O–H groups in total. The summed E-state index contributed by atoms with van der Waals surface area (Å²) in [6.07, 6.45) is 3.06. The van der Waals surface area contributed by atoms with Crippen molar-refractivity contribution in [3.8, 4) is 5.75 Å². The Labute approximate surface area is 203 Å². The van der Waals surface area contributed by atoms with Gasteiger partial charge in [0.1, 0.15) is 0 Å². The van der Waals surface area contributed by atoms with Crippen LogP contribution in [-0.2, 0) is 4.79 Å². The number of aryl methyl sites for hydroxylation is 1. The van der Waals surface area contributed by atoms with Crippen molar-refractivity contribution in [1.82, 2.24) is 9.97 Å². The molecule has 9 nitrogen and oxygen atoms in total. The second kappa shape index (κ2) is 8.48. The first kappa shape index (κ1) is 22.5. The first-order chi connectivity index (χ1) is 16.8. The molecule has 0 fully saturated rings. The van der Waals surface area contributed by atoms with Crippen LogP contribution in [0.15, 0.2) is 64.5 Å². The number of para-hydroxylation sites is 1. The van der Waals surface area contributed by atoms with Crippen LogP contribution in [0.5, 0.6) is 5.75 Å². The number of hydrogen-bond acceptors (Lipinski definition) is 9. The molecule has 35 heavy (non-hydrogen) atoms. The smallest absolute Gasteiger partial charge is 0.296 e. The predicted molar refractivity (Wildman–Crippen MR) is 128 cm³/mol. The van der Waals surface area contributed by atoms with Crippen LogP contribution in [0.25, 0.3) is 11.0 Å². The van der Waals surface area contributed by atoms with Crippen molar-refractivity contribution in [3.05, 3.63) is 82.0 Å². The van der Waals surface area contributed by atoms with Crippen molar-refractivity contribution in [3.63, 3.8) is 0 Å². The summed E-state index contributed by atoms with van der Waals surface area (Å²) >= 11 is 1.02. The third-order valence-electron chi connectivity index (χ3n) is 5.72. The molecule has 0 saturated carbocycles. The van der Waals surface area contributed by atoms with Gasteiger partial charge in [0.25, 0.3) is 5.91 Å². The van der Waals surface area contributed by atoms with E-state index in [-0.39, 0.29) is 22.2 Å². The zero-order valence-electron chi connectivity index (χ0n) is 18.9. The van der Waals surface area contributed by atoms with Crippen LogP contribution in [0.2, 0.25) is 0 Å². The highest BCUT2D eigenvalue weighted by molar-refractivity contribution is 7.17. The Morgan fingerprint density at radius 1 is 1.23 bits per heavy atom. The Morgan fingerprint density at radius 3 is 2.69 bits per heavy atom. The van der Waals surface area contributed by atoms with E-state index >= 15 is 0 Å². The molecule has 4 aromatic rings. The lowest BCUT2D eigenvalue weighted by Gasteiger charge is -2.23. The molecule has 10 heteroatoms. The van der Waals surface area contributed by atoms with Crippen molar-refractivity contribution < 1.29 is 28.6 Å². The van der Waals surface area contributed by atoms with Crippen molar-refractivity contribution in [2.45, 2.75) is 19.9 Å². The first-order valence-electron chi connectivity index (χ1n) is 10.6. The SMILES string of the molecule is COc1cccc2cc(C(=O)C3=C(O)C(=O)N(c4nc(C)c(C(C)=O)s4)C3c3cccnc3)oc12. The molecule has 0 aliphatic carbocycles. The molecule has 4 heterocycles. The van der Waals surface area contributed by atoms with Gasteiger partial charge in [0.2, 0.25) is 5.78 Å². The molecular formula is C25H19N3O6S. The maximum Gasteiger partial charge on any atom is 0.296 e.